The van der Waals surface area contributed by atoms with Gasteiger partial charge in [-0.15, -0.1) is 0 Å². The third-order valence-corrected chi connectivity index (χ3v) is 3.23. The van der Waals surface area contributed by atoms with Crippen molar-refractivity contribution >= 4 is 15.4 Å². The number of carbonyl (C=O) groups excluding carboxylic acids is 1. The largest absolute Gasteiger partial charge is 0.397 e. The summed E-state index contributed by atoms with van der Waals surface area (Å²) in [5, 5.41) is 5.40. The van der Waals surface area contributed by atoms with E-state index in [1.807, 2.05) is 0 Å². The molecule has 0 heterocycles. The second kappa shape index (κ2) is 15.0. The molecule has 0 bridgehead atoms. The molecule has 0 spiro atoms. The van der Waals surface area contributed by atoms with Crippen LogP contribution in [0.4, 0.5) is 0 Å². The first kappa shape index (κ1) is 16.0. The average molecular weight is 219 g/mol. The zero-order chi connectivity index (χ0) is 11.2. The Morgan fingerprint density at radius 3 is 1.71 bits per heavy atom. The van der Waals surface area contributed by atoms with Gasteiger partial charge in [-0.1, -0.05) is 20.8 Å². The molecule has 1 N–H and O–H groups in total. The summed E-state index contributed by atoms with van der Waals surface area (Å²) >= 11 is 0. The van der Waals surface area contributed by atoms with Crippen LogP contribution in [-0.2, 0) is 13.6 Å². The van der Waals surface area contributed by atoms with Gasteiger partial charge in [-0.3, -0.25) is 0 Å². The molecule has 4 nitrogen and oxygen atoms in total. The first-order chi connectivity index (χ1) is 6.76. The highest BCUT2D eigenvalue weighted by molar-refractivity contribution is 6.44. The molecule has 5 heteroatoms. The molecule has 0 aromatic heterocycles. The van der Waals surface area contributed by atoms with Gasteiger partial charge in [-0.05, 0) is 18.9 Å². The van der Waals surface area contributed by atoms with Gasteiger partial charge in [-0.2, -0.15) is 0 Å². The topological polar surface area (TPSA) is 59.4 Å². The molecule has 0 aliphatic heterocycles. The van der Waals surface area contributed by atoms with E-state index >= 15 is 0 Å². The summed E-state index contributed by atoms with van der Waals surface area (Å²) in [7, 11) is -1.25. The predicted octanol–water partition coefficient (Wildman–Crippen LogP) is 1.98. The van der Waals surface area contributed by atoms with E-state index in [9.17, 15) is 0 Å². The van der Waals surface area contributed by atoms with Crippen LogP contribution in [0.15, 0.2) is 0 Å². The second-order valence-electron chi connectivity index (χ2n) is 2.68. The van der Waals surface area contributed by atoms with Crippen molar-refractivity contribution in [3.63, 3.8) is 0 Å². The average Bonchev–Trinajstić information content (AvgIpc) is 2.20. The number of hydrogen-bond acceptors (Lipinski definition) is 4. The lowest BCUT2D eigenvalue weighted by Crippen LogP contribution is -2.22. The molecule has 0 aliphatic carbocycles. The molecular formula is C9H21NO3Si. The van der Waals surface area contributed by atoms with Gasteiger partial charge in [0, 0.05) is 13.2 Å². The van der Waals surface area contributed by atoms with Gasteiger partial charge >= 0.3 is 9.28 Å². The van der Waals surface area contributed by atoms with E-state index in [4.69, 9.17) is 19.1 Å². The molecule has 84 valence electrons. The van der Waals surface area contributed by atoms with Crippen molar-refractivity contribution in [1.82, 2.24) is 0 Å². The summed E-state index contributed by atoms with van der Waals surface area (Å²) in [6.07, 6.45) is 2.94. The summed E-state index contributed by atoms with van der Waals surface area (Å²) < 4.78 is 11.1. The van der Waals surface area contributed by atoms with E-state index in [0.717, 1.165) is 38.2 Å². The normalized spacial score (nSPS) is 9.14. The Kier molecular flexibility index (Phi) is 17.1. The lowest BCUT2D eigenvalue weighted by Gasteiger charge is -2.13. The Hall–Kier alpha value is -0.483. The number of nitrogens with one attached hydrogen (secondary N) is 1. The zero-order valence-corrected chi connectivity index (χ0v) is 10.5. The highest BCUT2D eigenvalue weighted by Gasteiger charge is 2.08. The van der Waals surface area contributed by atoms with Crippen LogP contribution in [0.5, 0.6) is 0 Å². The van der Waals surface area contributed by atoms with Crippen LogP contribution >= 0.6 is 0 Å². The highest BCUT2D eigenvalue weighted by atomic mass is 28.3. The molecule has 0 unspecified atom stereocenters. The lowest BCUT2D eigenvalue weighted by atomic mass is 10.5. The van der Waals surface area contributed by atoms with Crippen LogP contribution in [0.1, 0.15) is 33.6 Å². The van der Waals surface area contributed by atoms with Crippen LogP contribution in [-0.4, -0.2) is 28.6 Å². The van der Waals surface area contributed by atoms with Crippen LogP contribution in [0.25, 0.3) is 0 Å². The molecule has 0 saturated heterocycles. The van der Waals surface area contributed by atoms with Gasteiger partial charge in [0.1, 0.15) is 0 Å². The molecular weight excluding hydrogens is 198 g/mol. The van der Waals surface area contributed by atoms with Crippen molar-refractivity contribution in [1.29, 1.82) is 5.41 Å². The summed E-state index contributed by atoms with van der Waals surface area (Å²) in [5.41, 5.74) is 0. The van der Waals surface area contributed by atoms with Crippen molar-refractivity contribution in [2.24, 2.45) is 0 Å². The van der Waals surface area contributed by atoms with E-state index in [1.54, 1.807) is 0 Å². The summed E-state index contributed by atoms with van der Waals surface area (Å²) in [5.74, 6) is 0. The van der Waals surface area contributed by atoms with Crippen molar-refractivity contribution in [2.45, 2.75) is 39.7 Å². The maximum absolute atomic E-state index is 8.35. The van der Waals surface area contributed by atoms with Gasteiger partial charge in [0.2, 0.25) is 6.08 Å². The molecule has 0 atom stereocenters. The van der Waals surface area contributed by atoms with E-state index in [1.165, 1.54) is 0 Å². The quantitative estimate of drug-likeness (QED) is 0.404. The summed E-state index contributed by atoms with van der Waals surface area (Å²) in [6.45, 7) is 8.13. The number of rotatable bonds is 7. The smallest absolute Gasteiger partial charge is 0.321 e. The van der Waals surface area contributed by atoms with E-state index in [-0.39, 0.29) is 0 Å². The van der Waals surface area contributed by atoms with Crippen LogP contribution in [0, 0.1) is 5.41 Å². The molecule has 14 heavy (non-hydrogen) atoms. The fraction of sp³-hybridized carbons (Fsp3) is 0.889. The van der Waals surface area contributed by atoms with Gasteiger partial charge in [0.25, 0.3) is 0 Å². The van der Waals surface area contributed by atoms with Gasteiger partial charge < -0.3 is 8.85 Å². The van der Waals surface area contributed by atoms with Gasteiger partial charge in [0.15, 0.2) is 0 Å². The SMILES string of the molecule is CCCO[SiH](CC)OCCC.N=C=O. The molecule has 0 rings (SSSR count). The molecule has 0 amide bonds. The minimum absolute atomic E-state index is 0.750. The molecule has 0 fully saturated rings. The van der Waals surface area contributed by atoms with Crippen LogP contribution in [0.2, 0.25) is 6.04 Å². The molecule has 0 aromatic rings. The standard InChI is InChI=1S/C8H20O2Si.CHNO/c1-4-7-9-11(6-3)10-8-5-2;2-1-3/h11H,4-8H2,1-3H3;2H. The fourth-order valence-electron chi connectivity index (χ4n) is 0.782. The van der Waals surface area contributed by atoms with Crippen LogP contribution < -0.4 is 0 Å². The van der Waals surface area contributed by atoms with Crippen molar-refractivity contribution in [3.8, 4) is 0 Å². The zero-order valence-electron chi connectivity index (χ0n) is 9.34. The molecule has 0 radical (unpaired) electrons. The third kappa shape index (κ3) is 14.1. The van der Waals surface area contributed by atoms with Crippen LogP contribution in [0.3, 0.4) is 0 Å². The third-order valence-electron chi connectivity index (χ3n) is 1.35. The maximum atomic E-state index is 8.35. The van der Waals surface area contributed by atoms with Gasteiger partial charge in [0.05, 0.1) is 0 Å². The Morgan fingerprint density at radius 2 is 1.50 bits per heavy atom. The minimum Gasteiger partial charge on any atom is -0.397 e. The highest BCUT2D eigenvalue weighted by Crippen LogP contribution is 1.97. The Labute approximate surface area is 88.0 Å². The Morgan fingerprint density at radius 1 is 1.14 bits per heavy atom. The van der Waals surface area contributed by atoms with Crippen molar-refractivity contribution in [3.05, 3.63) is 0 Å². The Balaban J connectivity index is 0. The first-order valence-corrected chi connectivity index (χ1v) is 6.79. The second-order valence-corrected chi connectivity index (χ2v) is 5.02. The number of isocyanates is 1. The fourth-order valence-corrected chi connectivity index (χ4v) is 2.35. The summed E-state index contributed by atoms with van der Waals surface area (Å²) in [6, 6.07) is 1.08. The Bertz CT molecular complexity index is 130. The predicted molar refractivity (Wildman–Crippen MR) is 58.5 cm³/mol. The first-order valence-electron chi connectivity index (χ1n) is 5.03. The molecule has 0 saturated carbocycles. The van der Waals surface area contributed by atoms with Crippen molar-refractivity contribution < 1.29 is 13.6 Å². The monoisotopic (exact) mass is 219 g/mol. The molecule has 0 aromatic carbocycles. The van der Waals surface area contributed by atoms with Crippen molar-refractivity contribution in [2.75, 3.05) is 13.2 Å². The van der Waals surface area contributed by atoms with Gasteiger partial charge in [-0.25, -0.2) is 10.2 Å². The minimum atomic E-state index is -1.25. The maximum Gasteiger partial charge on any atom is 0.321 e. The molecule has 0 aliphatic rings. The lowest BCUT2D eigenvalue weighted by molar-refractivity contribution is 0.197. The van der Waals surface area contributed by atoms with E-state index < -0.39 is 9.28 Å². The number of hydrogen-bond donors (Lipinski definition) is 1. The van der Waals surface area contributed by atoms with E-state index in [2.05, 4.69) is 20.8 Å². The van der Waals surface area contributed by atoms with E-state index in [0.29, 0.717) is 0 Å². The summed E-state index contributed by atoms with van der Waals surface area (Å²) in [4.78, 5) is 8.35.